The number of imidazole rings is 1. The zero-order valence-corrected chi connectivity index (χ0v) is 24.6. The Morgan fingerprint density at radius 3 is 2.43 bits per heavy atom. The Hall–Kier alpha value is -4.16. The number of hydrogen-bond acceptors (Lipinski definition) is 3. The fourth-order valence-corrected chi connectivity index (χ4v) is 6.01. The summed E-state index contributed by atoms with van der Waals surface area (Å²) in [5.74, 6) is 0.583. The van der Waals surface area contributed by atoms with Gasteiger partial charge in [-0.05, 0) is 78.1 Å². The van der Waals surface area contributed by atoms with E-state index in [1.807, 2.05) is 60.7 Å². The van der Waals surface area contributed by atoms with E-state index in [0.29, 0.717) is 33.8 Å². The number of ether oxygens (including phenoxy) is 1. The minimum atomic E-state index is -0.380. The molecule has 7 heteroatoms. The number of rotatable bonds is 7. The molecule has 1 aromatic heterocycles. The molecule has 0 saturated heterocycles. The van der Waals surface area contributed by atoms with Crippen molar-refractivity contribution in [3.63, 3.8) is 0 Å². The van der Waals surface area contributed by atoms with E-state index in [2.05, 4.69) is 10.6 Å². The van der Waals surface area contributed by atoms with Gasteiger partial charge in [-0.3, -0.25) is 4.79 Å². The van der Waals surface area contributed by atoms with Crippen molar-refractivity contribution in [2.24, 2.45) is 0 Å². The lowest BCUT2D eigenvalue weighted by Crippen LogP contribution is -2.21. The topological polar surface area (TPSA) is 47.4 Å². The third-order valence-electron chi connectivity index (χ3n) is 8.03. The zero-order valence-electron chi connectivity index (χ0n) is 23.8. The lowest BCUT2D eigenvalue weighted by atomic mass is 9.95. The Morgan fingerprint density at radius 1 is 0.952 bits per heavy atom. The van der Waals surface area contributed by atoms with E-state index in [1.54, 1.807) is 26.2 Å². The highest BCUT2D eigenvalue weighted by Crippen LogP contribution is 2.37. The molecule has 214 valence electrons. The van der Waals surface area contributed by atoms with Crippen LogP contribution in [0.1, 0.15) is 54.1 Å². The van der Waals surface area contributed by atoms with Gasteiger partial charge in [0.15, 0.2) is 0 Å². The summed E-state index contributed by atoms with van der Waals surface area (Å²) >= 11 is 6.11. The minimum Gasteiger partial charge on any atom is -0.489 e. The monoisotopic (exact) mass is 581 g/mol. The van der Waals surface area contributed by atoms with E-state index >= 15 is 4.39 Å². The Kier molecular flexibility index (Phi) is 7.98. The second kappa shape index (κ2) is 12.0. The highest BCUT2D eigenvalue weighted by atomic mass is 35.5. The standard InChI is InChI=1S/C35H33ClFN3O2/c1-39(2)35(41)24-14-18-29(23-12-15-26(36)16-13-23)25(20-24)22-42-28-17-19-30(31(37)21-28)34-38-32-10-6-7-11-33(32)40(34)27-8-4-3-5-9-27/h6-7,10-21,27H,3-5,8-9,22H2,1-2H3. The maximum atomic E-state index is 15.8. The van der Waals surface area contributed by atoms with Gasteiger partial charge in [-0.1, -0.05) is 61.2 Å². The molecule has 0 radical (unpaired) electrons. The summed E-state index contributed by atoms with van der Waals surface area (Å²) in [6.45, 7) is 0.159. The maximum absolute atomic E-state index is 15.8. The van der Waals surface area contributed by atoms with Crippen molar-refractivity contribution >= 4 is 28.5 Å². The van der Waals surface area contributed by atoms with E-state index in [4.69, 9.17) is 21.3 Å². The lowest BCUT2D eigenvalue weighted by Gasteiger charge is -2.25. The van der Waals surface area contributed by atoms with Crippen LogP contribution in [0, 0.1) is 5.82 Å². The summed E-state index contributed by atoms with van der Waals surface area (Å²) in [6.07, 6.45) is 5.73. The summed E-state index contributed by atoms with van der Waals surface area (Å²) in [5.41, 5.74) is 5.61. The Labute approximate surface area is 250 Å². The first-order valence-electron chi connectivity index (χ1n) is 14.4. The van der Waals surface area contributed by atoms with Gasteiger partial charge in [0.2, 0.25) is 0 Å². The highest BCUT2D eigenvalue weighted by Gasteiger charge is 2.24. The molecule has 0 bridgehead atoms. The number of halogens is 2. The molecular weight excluding hydrogens is 549 g/mol. The van der Waals surface area contributed by atoms with Crippen molar-refractivity contribution < 1.29 is 13.9 Å². The van der Waals surface area contributed by atoms with Crippen LogP contribution in [0.2, 0.25) is 5.02 Å². The van der Waals surface area contributed by atoms with Gasteiger partial charge in [0.05, 0.1) is 16.6 Å². The van der Waals surface area contributed by atoms with Crippen LogP contribution in [0.15, 0.2) is 84.9 Å². The molecule has 4 aromatic carbocycles. The molecule has 1 aliphatic rings. The first-order chi connectivity index (χ1) is 20.4. The van der Waals surface area contributed by atoms with Crippen LogP contribution in [0.4, 0.5) is 4.39 Å². The van der Waals surface area contributed by atoms with Gasteiger partial charge >= 0.3 is 0 Å². The molecular formula is C35H33ClFN3O2. The molecule has 6 rings (SSSR count). The molecule has 1 saturated carbocycles. The molecule has 1 amide bonds. The predicted octanol–water partition coefficient (Wildman–Crippen LogP) is 8.95. The quantitative estimate of drug-likeness (QED) is 0.193. The molecule has 0 atom stereocenters. The third kappa shape index (κ3) is 5.64. The van der Waals surface area contributed by atoms with Crippen LogP contribution in [0.3, 0.4) is 0 Å². The first-order valence-corrected chi connectivity index (χ1v) is 14.8. The second-order valence-corrected chi connectivity index (χ2v) is 11.5. The fourth-order valence-electron chi connectivity index (χ4n) is 5.89. The molecule has 0 N–H and O–H groups in total. The molecule has 5 aromatic rings. The van der Waals surface area contributed by atoms with Crippen LogP contribution in [-0.4, -0.2) is 34.5 Å². The number of para-hydroxylation sites is 2. The lowest BCUT2D eigenvalue weighted by molar-refractivity contribution is 0.0827. The molecule has 0 spiro atoms. The van der Waals surface area contributed by atoms with E-state index in [-0.39, 0.29) is 18.3 Å². The smallest absolute Gasteiger partial charge is 0.253 e. The molecule has 42 heavy (non-hydrogen) atoms. The molecule has 5 nitrogen and oxygen atoms in total. The summed E-state index contributed by atoms with van der Waals surface area (Å²) in [6, 6.07) is 26.4. The average molecular weight is 582 g/mol. The van der Waals surface area contributed by atoms with Crippen LogP contribution < -0.4 is 4.74 Å². The number of carbonyl (C=O) groups excluding carboxylic acids is 1. The minimum absolute atomic E-state index is 0.102. The first kappa shape index (κ1) is 28.0. The van der Waals surface area contributed by atoms with Crippen molar-refractivity contribution in [1.29, 1.82) is 0 Å². The number of fused-ring (bicyclic) bond motifs is 1. The summed E-state index contributed by atoms with van der Waals surface area (Å²) in [7, 11) is 3.44. The number of aromatic nitrogens is 2. The van der Waals surface area contributed by atoms with Gasteiger partial charge in [-0.2, -0.15) is 0 Å². The van der Waals surface area contributed by atoms with E-state index in [0.717, 1.165) is 40.6 Å². The highest BCUT2D eigenvalue weighted by molar-refractivity contribution is 6.30. The summed E-state index contributed by atoms with van der Waals surface area (Å²) in [4.78, 5) is 19.1. The number of nitrogens with zero attached hydrogens (tertiary/aromatic N) is 3. The van der Waals surface area contributed by atoms with E-state index < -0.39 is 0 Å². The number of benzene rings is 4. The molecule has 1 heterocycles. The Morgan fingerprint density at radius 2 is 1.69 bits per heavy atom. The number of hydrogen-bond donors (Lipinski definition) is 0. The second-order valence-electron chi connectivity index (χ2n) is 11.1. The predicted molar refractivity (Wildman–Crippen MR) is 166 cm³/mol. The normalized spacial score (nSPS) is 13.8. The number of carbonyl (C=O) groups is 1. The van der Waals surface area contributed by atoms with Gasteiger partial charge in [-0.25, -0.2) is 9.37 Å². The van der Waals surface area contributed by atoms with Crippen molar-refractivity contribution in [3.05, 3.63) is 107 Å². The Bertz CT molecular complexity index is 1740. The zero-order chi connectivity index (χ0) is 29.2. The van der Waals surface area contributed by atoms with Crippen molar-refractivity contribution in [2.75, 3.05) is 14.1 Å². The van der Waals surface area contributed by atoms with Crippen LogP contribution >= 0.6 is 11.6 Å². The maximum Gasteiger partial charge on any atom is 0.253 e. The molecule has 1 fully saturated rings. The number of amides is 1. The third-order valence-corrected chi connectivity index (χ3v) is 8.28. The van der Waals surface area contributed by atoms with Gasteiger partial charge in [0, 0.05) is 36.8 Å². The molecule has 0 unspecified atom stereocenters. The van der Waals surface area contributed by atoms with Gasteiger partial charge in [-0.15, -0.1) is 0 Å². The van der Waals surface area contributed by atoms with Crippen LogP contribution in [-0.2, 0) is 6.61 Å². The fraction of sp³-hybridized carbons (Fsp3) is 0.257. The Balaban J connectivity index is 1.31. The summed E-state index contributed by atoms with van der Waals surface area (Å²) < 4.78 is 24.1. The van der Waals surface area contributed by atoms with Crippen molar-refractivity contribution in [1.82, 2.24) is 14.5 Å². The van der Waals surface area contributed by atoms with E-state index in [9.17, 15) is 4.79 Å². The average Bonchev–Trinajstić information content (AvgIpc) is 3.39. The van der Waals surface area contributed by atoms with Gasteiger partial charge in [0.25, 0.3) is 5.91 Å². The van der Waals surface area contributed by atoms with E-state index in [1.165, 1.54) is 30.2 Å². The van der Waals surface area contributed by atoms with Gasteiger partial charge in [0.1, 0.15) is 24.0 Å². The van der Waals surface area contributed by atoms with Crippen molar-refractivity contribution in [2.45, 2.75) is 44.8 Å². The van der Waals surface area contributed by atoms with Gasteiger partial charge < -0.3 is 14.2 Å². The van der Waals surface area contributed by atoms with Crippen LogP contribution in [0.25, 0.3) is 33.5 Å². The SMILES string of the molecule is CN(C)C(=O)c1ccc(-c2ccc(Cl)cc2)c(COc2ccc(-c3nc4ccccc4n3C3CCCCC3)c(F)c2)c1. The molecule has 0 aliphatic heterocycles. The van der Waals surface area contributed by atoms with Crippen molar-refractivity contribution in [3.8, 4) is 28.3 Å². The summed E-state index contributed by atoms with van der Waals surface area (Å²) in [5, 5.41) is 0.642. The molecule has 1 aliphatic carbocycles. The largest absolute Gasteiger partial charge is 0.489 e. The van der Waals surface area contributed by atoms with Crippen LogP contribution in [0.5, 0.6) is 5.75 Å².